The van der Waals surface area contributed by atoms with Crippen molar-refractivity contribution in [1.82, 2.24) is 0 Å². The first-order valence-corrected chi connectivity index (χ1v) is 5.13. The van der Waals surface area contributed by atoms with Crippen molar-refractivity contribution < 1.29 is 9.84 Å². The van der Waals surface area contributed by atoms with E-state index in [4.69, 9.17) is 4.74 Å². The number of benzene rings is 1. The third kappa shape index (κ3) is 3.52. The van der Waals surface area contributed by atoms with Crippen LogP contribution in [-0.2, 0) is 0 Å². The maximum absolute atomic E-state index is 9.27. The molecule has 0 spiro atoms. The first kappa shape index (κ1) is 11.3. The summed E-state index contributed by atoms with van der Waals surface area (Å²) in [5, 5.41) is 9.27. The van der Waals surface area contributed by atoms with Crippen LogP contribution in [0.15, 0.2) is 35.3 Å². The summed E-state index contributed by atoms with van der Waals surface area (Å²) in [6.07, 6.45) is -0.435. The average molecular weight is 257 g/mol. The molecule has 76 valence electrons. The van der Waals surface area contributed by atoms with Gasteiger partial charge in [0.1, 0.15) is 12.4 Å². The van der Waals surface area contributed by atoms with E-state index in [9.17, 15) is 5.11 Å². The molecule has 0 unspecified atom stereocenters. The van der Waals surface area contributed by atoms with Gasteiger partial charge >= 0.3 is 0 Å². The van der Waals surface area contributed by atoms with E-state index in [-0.39, 0.29) is 0 Å². The highest BCUT2D eigenvalue weighted by atomic mass is 79.9. The third-order valence-electron chi connectivity index (χ3n) is 1.76. The Morgan fingerprint density at radius 2 is 2.07 bits per heavy atom. The zero-order valence-corrected chi connectivity index (χ0v) is 9.62. The summed E-state index contributed by atoms with van der Waals surface area (Å²) in [7, 11) is 0. The van der Waals surface area contributed by atoms with Crippen LogP contribution in [0.5, 0.6) is 5.75 Å². The van der Waals surface area contributed by atoms with Crippen LogP contribution < -0.4 is 4.74 Å². The molecule has 0 radical (unpaired) electrons. The monoisotopic (exact) mass is 256 g/mol. The Kier molecular flexibility index (Phi) is 4.17. The van der Waals surface area contributed by atoms with Crippen molar-refractivity contribution in [3.63, 3.8) is 0 Å². The summed E-state index contributed by atoms with van der Waals surface area (Å²) in [5.74, 6) is 0.773. The molecular formula is C11H13BrO2. The minimum atomic E-state index is -0.435. The molecule has 1 atom stereocenters. The van der Waals surface area contributed by atoms with Crippen LogP contribution >= 0.6 is 15.9 Å². The van der Waals surface area contributed by atoms with E-state index in [1.165, 1.54) is 0 Å². The molecule has 1 N–H and O–H groups in total. The molecule has 0 bridgehead atoms. The number of hydrogen-bond acceptors (Lipinski definition) is 2. The average Bonchev–Trinajstić information content (AvgIpc) is 2.15. The van der Waals surface area contributed by atoms with Crippen molar-refractivity contribution in [2.75, 3.05) is 6.61 Å². The zero-order chi connectivity index (χ0) is 10.6. The normalized spacial score (nSPS) is 12.2. The number of halogens is 1. The van der Waals surface area contributed by atoms with Crippen molar-refractivity contribution in [3.05, 3.63) is 40.9 Å². The minimum Gasteiger partial charge on any atom is -0.488 e. The second-order valence-corrected chi connectivity index (χ2v) is 4.17. The third-order valence-corrected chi connectivity index (χ3v) is 1.99. The Hall–Kier alpha value is -0.800. The number of rotatable bonds is 4. The van der Waals surface area contributed by atoms with Gasteiger partial charge in [-0.1, -0.05) is 34.6 Å². The molecule has 1 rings (SSSR count). The molecule has 0 saturated carbocycles. The van der Waals surface area contributed by atoms with Crippen LogP contribution in [0.3, 0.4) is 0 Å². The number of ether oxygens (including phenoxy) is 1. The van der Waals surface area contributed by atoms with E-state index < -0.39 is 6.10 Å². The Morgan fingerprint density at radius 3 is 2.50 bits per heavy atom. The maximum Gasteiger partial charge on any atom is 0.119 e. The van der Waals surface area contributed by atoms with Gasteiger partial charge in [-0.15, -0.1) is 0 Å². The van der Waals surface area contributed by atoms with Gasteiger partial charge in [-0.25, -0.2) is 0 Å². The lowest BCUT2D eigenvalue weighted by Gasteiger charge is -2.07. The molecule has 0 aliphatic heterocycles. The van der Waals surface area contributed by atoms with E-state index in [1.807, 2.05) is 24.3 Å². The molecule has 0 aromatic heterocycles. The van der Waals surface area contributed by atoms with Crippen LogP contribution in [0.1, 0.15) is 18.6 Å². The van der Waals surface area contributed by atoms with Gasteiger partial charge in [-0.3, -0.25) is 0 Å². The molecule has 0 saturated heterocycles. The highest BCUT2D eigenvalue weighted by Crippen LogP contribution is 2.17. The number of aliphatic hydroxyl groups is 1. The fourth-order valence-electron chi connectivity index (χ4n) is 1.00. The lowest BCUT2D eigenvalue weighted by molar-refractivity contribution is 0.199. The Balaban J connectivity index is 2.59. The fourth-order valence-corrected chi connectivity index (χ4v) is 1.12. The van der Waals surface area contributed by atoms with Crippen LogP contribution in [0.4, 0.5) is 0 Å². The fraction of sp³-hybridized carbons (Fsp3) is 0.273. The summed E-state index contributed by atoms with van der Waals surface area (Å²) >= 11 is 3.21. The maximum atomic E-state index is 9.27. The lowest BCUT2D eigenvalue weighted by atomic mass is 10.1. The molecule has 0 heterocycles. The Bertz CT molecular complexity index is 304. The summed E-state index contributed by atoms with van der Waals surface area (Å²) in [6.45, 7) is 5.85. The molecular weight excluding hydrogens is 244 g/mol. The Morgan fingerprint density at radius 1 is 1.50 bits per heavy atom. The molecule has 1 aromatic rings. The van der Waals surface area contributed by atoms with E-state index >= 15 is 0 Å². The molecule has 1 aromatic carbocycles. The second kappa shape index (κ2) is 5.17. The lowest BCUT2D eigenvalue weighted by Crippen LogP contribution is -1.96. The van der Waals surface area contributed by atoms with E-state index in [1.54, 1.807) is 6.92 Å². The first-order valence-electron chi connectivity index (χ1n) is 4.33. The number of hydrogen-bond donors (Lipinski definition) is 1. The standard InChI is InChI=1S/C11H13BrO2/c1-8(12)7-14-11-5-3-10(4-6-11)9(2)13/h3-6,9,13H,1,7H2,2H3/t9-/m0/s1. The van der Waals surface area contributed by atoms with E-state index in [2.05, 4.69) is 22.5 Å². The van der Waals surface area contributed by atoms with Gasteiger partial charge < -0.3 is 9.84 Å². The molecule has 0 amide bonds. The molecule has 0 fully saturated rings. The first-order chi connectivity index (χ1) is 6.59. The minimum absolute atomic E-state index is 0.435. The van der Waals surface area contributed by atoms with Crippen molar-refractivity contribution in [2.45, 2.75) is 13.0 Å². The summed E-state index contributed by atoms with van der Waals surface area (Å²) in [6, 6.07) is 7.35. The van der Waals surface area contributed by atoms with E-state index in [0.29, 0.717) is 6.61 Å². The van der Waals surface area contributed by atoms with Gasteiger partial charge in [0, 0.05) is 4.48 Å². The van der Waals surface area contributed by atoms with E-state index in [0.717, 1.165) is 15.8 Å². The predicted molar refractivity (Wildman–Crippen MR) is 60.6 cm³/mol. The highest BCUT2D eigenvalue weighted by Gasteiger charge is 2.00. The summed E-state index contributed by atoms with van der Waals surface area (Å²) in [5.41, 5.74) is 0.884. The van der Waals surface area contributed by atoms with Crippen LogP contribution in [0.2, 0.25) is 0 Å². The molecule has 0 aliphatic carbocycles. The Labute approximate surface area is 92.3 Å². The van der Waals surface area contributed by atoms with Gasteiger partial charge in [0.15, 0.2) is 0 Å². The van der Waals surface area contributed by atoms with Gasteiger partial charge in [0.05, 0.1) is 6.10 Å². The number of aliphatic hydroxyl groups excluding tert-OH is 1. The zero-order valence-electron chi connectivity index (χ0n) is 8.03. The van der Waals surface area contributed by atoms with Crippen molar-refractivity contribution >= 4 is 15.9 Å². The smallest absolute Gasteiger partial charge is 0.119 e. The van der Waals surface area contributed by atoms with Gasteiger partial charge in [0.2, 0.25) is 0 Å². The molecule has 0 aliphatic rings. The van der Waals surface area contributed by atoms with Gasteiger partial charge in [0.25, 0.3) is 0 Å². The summed E-state index contributed by atoms with van der Waals surface area (Å²) < 4.78 is 6.18. The van der Waals surface area contributed by atoms with Crippen molar-refractivity contribution in [3.8, 4) is 5.75 Å². The van der Waals surface area contributed by atoms with Crippen molar-refractivity contribution in [1.29, 1.82) is 0 Å². The topological polar surface area (TPSA) is 29.5 Å². The van der Waals surface area contributed by atoms with Gasteiger partial charge in [-0.05, 0) is 24.6 Å². The molecule has 14 heavy (non-hydrogen) atoms. The van der Waals surface area contributed by atoms with Crippen LogP contribution in [0.25, 0.3) is 0 Å². The largest absolute Gasteiger partial charge is 0.488 e. The highest BCUT2D eigenvalue weighted by molar-refractivity contribution is 9.11. The molecule has 2 nitrogen and oxygen atoms in total. The summed E-state index contributed by atoms with van der Waals surface area (Å²) in [4.78, 5) is 0. The van der Waals surface area contributed by atoms with Gasteiger partial charge in [-0.2, -0.15) is 0 Å². The SMILES string of the molecule is C=C(Br)COc1ccc([C@H](C)O)cc1. The quantitative estimate of drug-likeness (QED) is 0.898. The van der Waals surface area contributed by atoms with Crippen molar-refractivity contribution in [2.24, 2.45) is 0 Å². The predicted octanol–water partition coefficient (Wildman–Crippen LogP) is 3.03. The van der Waals surface area contributed by atoms with Crippen LogP contribution in [-0.4, -0.2) is 11.7 Å². The molecule has 3 heteroatoms. The second-order valence-electron chi connectivity index (χ2n) is 3.05. The van der Waals surface area contributed by atoms with Crippen LogP contribution in [0, 0.1) is 0 Å².